The highest BCUT2D eigenvalue weighted by Crippen LogP contribution is 2.23. The van der Waals surface area contributed by atoms with Crippen LogP contribution in [0.25, 0.3) is 0 Å². The standard InChI is InChI=1S/C14H14ClFN2/c1-18(9-10-4-2-3-5-14(10)15)13-7-11(16)6-12(17)8-13/h2-8H,9,17H2,1H3. The normalized spacial score (nSPS) is 10.4. The minimum absolute atomic E-state index is 0.337. The molecule has 94 valence electrons. The molecule has 2 rings (SSSR count). The van der Waals surface area contributed by atoms with E-state index in [4.69, 9.17) is 17.3 Å². The van der Waals surface area contributed by atoms with Crippen molar-refractivity contribution in [2.45, 2.75) is 6.54 Å². The second-order valence-corrected chi connectivity index (χ2v) is 4.60. The Bertz CT molecular complexity index is 537. The second-order valence-electron chi connectivity index (χ2n) is 4.19. The summed E-state index contributed by atoms with van der Waals surface area (Å²) in [6, 6.07) is 12.1. The first-order valence-electron chi connectivity index (χ1n) is 5.57. The van der Waals surface area contributed by atoms with Crippen molar-refractivity contribution in [3.63, 3.8) is 0 Å². The Kier molecular flexibility index (Phi) is 3.72. The van der Waals surface area contributed by atoms with E-state index >= 15 is 0 Å². The van der Waals surface area contributed by atoms with Gasteiger partial charge in [0.2, 0.25) is 0 Å². The fourth-order valence-electron chi connectivity index (χ4n) is 1.79. The third-order valence-corrected chi connectivity index (χ3v) is 3.08. The molecule has 0 spiro atoms. The first-order chi connectivity index (χ1) is 8.56. The quantitative estimate of drug-likeness (QED) is 0.857. The smallest absolute Gasteiger partial charge is 0.127 e. The highest BCUT2D eigenvalue weighted by atomic mass is 35.5. The van der Waals surface area contributed by atoms with Gasteiger partial charge in [-0.2, -0.15) is 0 Å². The number of nitrogens with two attached hydrogens (primary N) is 1. The number of halogens is 2. The lowest BCUT2D eigenvalue weighted by Crippen LogP contribution is -2.17. The van der Waals surface area contributed by atoms with E-state index in [9.17, 15) is 4.39 Å². The summed E-state index contributed by atoms with van der Waals surface area (Å²) in [7, 11) is 1.87. The molecule has 0 aliphatic rings. The van der Waals surface area contributed by atoms with Crippen LogP contribution in [0.3, 0.4) is 0 Å². The van der Waals surface area contributed by atoms with E-state index in [-0.39, 0.29) is 5.82 Å². The molecule has 0 bridgehead atoms. The lowest BCUT2D eigenvalue weighted by molar-refractivity contribution is 0.628. The summed E-state index contributed by atoms with van der Waals surface area (Å²) < 4.78 is 13.3. The van der Waals surface area contributed by atoms with Gasteiger partial charge in [-0.05, 0) is 29.8 Å². The zero-order chi connectivity index (χ0) is 13.1. The Balaban J connectivity index is 2.22. The summed E-state index contributed by atoms with van der Waals surface area (Å²) in [4.78, 5) is 1.90. The van der Waals surface area contributed by atoms with E-state index in [0.29, 0.717) is 17.3 Å². The summed E-state index contributed by atoms with van der Waals surface area (Å²) in [6.07, 6.45) is 0. The first kappa shape index (κ1) is 12.7. The minimum atomic E-state index is -0.337. The summed E-state index contributed by atoms with van der Waals surface area (Å²) in [5, 5.41) is 0.703. The van der Waals surface area contributed by atoms with Crippen molar-refractivity contribution in [2.24, 2.45) is 0 Å². The van der Waals surface area contributed by atoms with Crippen LogP contribution >= 0.6 is 11.6 Å². The van der Waals surface area contributed by atoms with Crippen LogP contribution in [0.4, 0.5) is 15.8 Å². The average molecular weight is 265 g/mol. The van der Waals surface area contributed by atoms with Crippen molar-refractivity contribution in [1.29, 1.82) is 0 Å². The van der Waals surface area contributed by atoms with Crippen LogP contribution in [0.15, 0.2) is 42.5 Å². The molecule has 0 aliphatic heterocycles. The first-order valence-corrected chi connectivity index (χ1v) is 5.94. The van der Waals surface area contributed by atoms with E-state index < -0.39 is 0 Å². The van der Waals surface area contributed by atoms with E-state index in [1.165, 1.54) is 12.1 Å². The number of nitrogens with zero attached hydrogens (tertiary/aromatic N) is 1. The van der Waals surface area contributed by atoms with Gasteiger partial charge in [-0.3, -0.25) is 0 Å². The number of rotatable bonds is 3. The largest absolute Gasteiger partial charge is 0.399 e. The van der Waals surface area contributed by atoms with Gasteiger partial charge in [0.25, 0.3) is 0 Å². The van der Waals surface area contributed by atoms with Gasteiger partial charge in [-0.15, -0.1) is 0 Å². The minimum Gasteiger partial charge on any atom is -0.399 e. The van der Waals surface area contributed by atoms with Crippen LogP contribution in [0, 0.1) is 5.82 Å². The predicted molar refractivity (Wildman–Crippen MR) is 74.4 cm³/mol. The molecule has 18 heavy (non-hydrogen) atoms. The number of benzene rings is 2. The molecule has 0 saturated carbocycles. The van der Waals surface area contributed by atoms with Crippen LogP contribution < -0.4 is 10.6 Å². The Morgan fingerprint density at radius 2 is 1.94 bits per heavy atom. The van der Waals surface area contributed by atoms with Crippen LogP contribution in [0.5, 0.6) is 0 Å². The molecule has 0 fully saturated rings. The van der Waals surface area contributed by atoms with Gasteiger partial charge < -0.3 is 10.6 Å². The number of hydrogen-bond donors (Lipinski definition) is 1. The highest BCUT2D eigenvalue weighted by molar-refractivity contribution is 6.31. The number of anilines is 2. The third-order valence-electron chi connectivity index (χ3n) is 2.71. The van der Waals surface area contributed by atoms with Gasteiger partial charge in [0.1, 0.15) is 5.82 Å². The maximum Gasteiger partial charge on any atom is 0.127 e. The topological polar surface area (TPSA) is 29.3 Å². The van der Waals surface area contributed by atoms with E-state index in [0.717, 1.165) is 11.3 Å². The van der Waals surface area contributed by atoms with Crippen molar-refractivity contribution < 1.29 is 4.39 Å². The summed E-state index contributed by atoms with van der Waals surface area (Å²) >= 11 is 6.09. The maximum absolute atomic E-state index is 13.3. The zero-order valence-electron chi connectivity index (χ0n) is 10.0. The molecular formula is C14H14ClFN2. The van der Waals surface area contributed by atoms with Crippen molar-refractivity contribution in [1.82, 2.24) is 0 Å². The van der Waals surface area contributed by atoms with Crippen LogP contribution in [-0.2, 0) is 6.54 Å². The SMILES string of the molecule is CN(Cc1ccccc1Cl)c1cc(N)cc(F)c1. The molecule has 0 amide bonds. The Labute approximate surface area is 111 Å². The Morgan fingerprint density at radius 3 is 2.61 bits per heavy atom. The lowest BCUT2D eigenvalue weighted by Gasteiger charge is -2.20. The Morgan fingerprint density at radius 1 is 1.22 bits per heavy atom. The molecule has 2 N–H and O–H groups in total. The fourth-order valence-corrected chi connectivity index (χ4v) is 1.99. The summed E-state index contributed by atoms with van der Waals surface area (Å²) in [5.41, 5.74) is 7.76. The number of nitrogen functional groups attached to an aromatic ring is 1. The molecule has 0 unspecified atom stereocenters. The van der Waals surface area contributed by atoms with E-state index in [2.05, 4.69) is 0 Å². The molecule has 0 radical (unpaired) electrons. The van der Waals surface area contributed by atoms with Gasteiger partial charge in [-0.25, -0.2) is 4.39 Å². The van der Waals surface area contributed by atoms with Crippen LogP contribution in [0.2, 0.25) is 5.02 Å². The second kappa shape index (κ2) is 5.27. The molecule has 2 nitrogen and oxygen atoms in total. The fraction of sp³-hybridized carbons (Fsp3) is 0.143. The van der Waals surface area contributed by atoms with Gasteiger partial charge in [0.05, 0.1) is 0 Å². The third kappa shape index (κ3) is 2.93. The summed E-state index contributed by atoms with van der Waals surface area (Å²) in [6.45, 7) is 0.600. The van der Waals surface area contributed by atoms with Crippen molar-refractivity contribution in [3.05, 3.63) is 58.9 Å². The van der Waals surface area contributed by atoms with Gasteiger partial charge in [0, 0.05) is 30.0 Å². The Hall–Kier alpha value is -1.74. The molecule has 0 aliphatic carbocycles. The molecule has 0 heterocycles. The van der Waals surface area contributed by atoms with Crippen molar-refractivity contribution in [2.75, 3.05) is 17.7 Å². The maximum atomic E-state index is 13.3. The average Bonchev–Trinajstić information content (AvgIpc) is 2.31. The highest BCUT2D eigenvalue weighted by Gasteiger charge is 2.07. The zero-order valence-corrected chi connectivity index (χ0v) is 10.8. The molecule has 0 atom stereocenters. The van der Waals surface area contributed by atoms with Crippen LogP contribution in [0.1, 0.15) is 5.56 Å². The molecule has 0 aromatic heterocycles. The van der Waals surface area contributed by atoms with Gasteiger partial charge >= 0.3 is 0 Å². The van der Waals surface area contributed by atoms with Gasteiger partial charge in [0.15, 0.2) is 0 Å². The van der Waals surface area contributed by atoms with Crippen molar-refractivity contribution in [3.8, 4) is 0 Å². The predicted octanol–water partition coefficient (Wildman–Crippen LogP) is 3.70. The molecule has 2 aromatic rings. The van der Waals surface area contributed by atoms with E-state index in [1.54, 1.807) is 6.07 Å². The molecular weight excluding hydrogens is 251 g/mol. The van der Waals surface area contributed by atoms with E-state index in [1.807, 2.05) is 36.2 Å². The van der Waals surface area contributed by atoms with Crippen LogP contribution in [-0.4, -0.2) is 7.05 Å². The molecule has 0 saturated heterocycles. The summed E-state index contributed by atoms with van der Waals surface area (Å²) in [5.74, 6) is -0.337. The lowest BCUT2D eigenvalue weighted by atomic mass is 10.2. The molecule has 2 aromatic carbocycles. The van der Waals surface area contributed by atoms with Crippen molar-refractivity contribution >= 4 is 23.0 Å². The molecule has 4 heteroatoms. The van der Waals surface area contributed by atoms with Gasteiger partial charge in [-0.1, -0.05) is 29.8 Å². The number of hydrogen-bond acceptors (Lipinski definition) is 2. The monoisotopic (exact) mass is 264 g/mol.